The summed E-state index contributed by atoms with van der Waals surface area (Å²) in [6.07, 6.45) is 1.07. The Labute approximate surface area is 219 Å². The van der Waals surface area contributed by atoms with Crippen LogP contribution in [0.4, 0.5) is 5.69 Å². The fraction of sp³-hybridized carbons (Fsp3) is 0.138. The third-order valence-electron chi connectivity index (χ3n) is 6.32. The van der Waals surface area contributed by atoms with Crippen molar-refractivity contribution in [2.75, 3.05) is 5.32 Å². The Morgan fingerprint density at radius 2 is 1.78 bits per heavy atom. The minimum absolute atomic E-state index is 0.200. The smallest absolute Gasteiger partial charge is 0.258 e. The first-order valence-electron chi connectivity index (χ1n) is 11.7. The molecule has 1 heterocycles. The highest BCUT2D eigenvalue weighted by Crippen LogP contribution is 2.29. The molecule has 0 aliphatic rings. The maximum Gasteiger partial charge on any atom is 0.258 e. The molecule has 0 unspecified atom stereocenters. The van der Waals surface area contributed by atoms with E-state index in [1.54, 1.807) is 18.2 Å². The quantitative estimate of drug-likeness (QED) is 0.233. The number of amides is 1. The molecule has 5 aromatic rings. The van der Waals surface area contributed by atoms with Crippen molar-refractivity contribution >= 4 is 62.4 Å². The highest BCUT2D eigenvalue weighted by molar-refractivity contribution is 7.80. The van der Waals surface area contributed by atoms with E-state index in [0.717, 1.165) is 39.5 Å². The summed E-state index contributed by atoms with van der Waals surface area (Å²) >= 11 is 11.6. The molecule has 36 heavy (non-hydrogen) atoms. The average molecular weight is 514 g/mol. The molecule has 0 radical (unpaired) electrons. The maximum absolute atomic E-state index is 12.9. The second-order valence-electron chi connectivity index (χ2n) is 8.68. The molecular weight excluding hydrogens is 490 g/mol. The summed E-state index contributed by atoms with van der Waals surface area (Å²) < 4.78 is 5.96. The van der Waals surface area contributed by atoms with Gasteiger partial charge in [0.05, 0.1) is 0 Å². The van der Waals surface area contributed by atoms with Gasteiger partial charge in [0.25, 0.3) is 5.91 Å². The topological polar surface area (TPSA) is 67.2 Å². The number of hydrogen-bond donors (Lipinski definition) is 2. The van der Waals surface area contributed by atoms with Crippen LogP contribution in [0.5, 0.6) is 0 Å². The molecule has 1 amide bonds. The zero-order valence-corrected chi connectivity index (χ0v) is 21.4. The average Bonchev–Trinajstić information content (AvgIpc) is 3.32. The van der Waals surface area contributed by atoms with Crippen LogP contribution in [-0.2, 0) is 0 Å². The lowest BCUT2D eigenvalue weighted by atomic mass is 9.98. The Bertz CT molecular complexity index is 1590. The molecule has 180 valence electrons. The van der Waals surface area contributed by atoms with Crippen LogP contribution in [0.2, 0.25) is 5.02 Å². The largest absolute Gasteiger partial charge is 0.436 e. The van der Waals surface area contributed by atoms with Crippen LogP contribution < -0.4 is 10.6 Å². The molecule has 0 saturated heterocycles. The molecule has 0 aliphatic heterocycles. The summed E-state index contributed by atoms with van der Waals surface area (Å²) in [7, 11) is 0. The van der Waals surface area contributed by atoms with E-state index in [4.69, 9.17) is 28.2 Å². The number of fused-ring (bicyclic) bond motifs is 2. The maximum atomic E-state index is 12.9. The normalized spacial score (nSPS) is 12.0. The molecule has 0 spiro atoms. The van der Waals surface area contributed by atoms with Gasteiger partial charge in [-0.3, -0.25) is 10.1 Å². The summed E-state index contributed by atoms with van der Waals surface area (Å²) in [5.74, 6) is 0.728. The van der Waals surface area contributed by atoms with E-state index in [1.807, 2.05) is 48.5 Å². The molecule has 5 nitrogen and oxygen atoms in total. The van der Waals surface area contributed by atoms with Crippen molar-refractivity contribution in [2.24, 2.45) is 0 Å². The Hall–Kier alpha value is -3.74. The Morgan fingerprint density at radius 1 is 1.03 bits per heavy atom. The third-order valence-corrected chi connectivity index (χ3v) is 6.86. The number of aromatic nitrogens is 1. The van der Waals surface area contributed by atoms with Crippen molar-refractivity contribution in [2.45, 2.75) is 26.2 Å². The number of nitrogens with zero attached hydrogens (tertiary/aromatic N) is 1. The van der Waals surface area contributed by atoms with Gasteiger partial charge in [-0.15, -0.1) is 0 Å². The lowest BCUT2D eigenvalue weighted by Gasteiger charge is -2.11. The molecule has 1 aromatic heterocycles. The molecule has 0 fully saturated rings. The highest BCUT2D eigenvalue weighted by Gasteiger charge is 2.14. The zero-order chi connectivity index (χ0) is 25.2. The second kappa shape index (κ2) is 10.1. The number of carbonyl (C=O) groups is 1. The lowest BCUT2D eigenvalue weighted by molar-refractivity contribution is 0.0979. The standard InChI is InChI=1S/C29H24ClN3O2S/c1-3-17(2)19-12-15-26-25(16-19)32-28(35-26)18-10-13-20(14-11-18)31-29(36)33-27(34)23-8-4-7-22-21(23)6-5-9-24(22)30/h4-17H,3H2,1-2H3,(H2,31,33,34,36)/t17-/m1/s1. The first-order chi connectivity index (χ1) is 17.4. The van der Waals surface area contributed by atoms with Crippen LogP contribution in [0.15, 0.2) is 83.3 Å². The first kappa shape index (κ1) is 24.0. The summed E-state index contributed by atoms with van der Waals surface area (Å²) in [5, 5.41) is 8.18. The molecule has 5 rings (SSSR count). The van der Waals surface area contributed by atoms with E-state index < -0.39 is 0 Å². The van der Waals surface area contributed by atoms with Gasteiger partial charge in [0, 0.05) is 27.2 Å². The minimum atomic E-state index is -0.305. The zero-order valence-electron chi connectivity index (χ0n) is 19.8. The Morgan fingerprint density at radius 3 is 2.56 bits per heavy atom. The molecule has 2 N–H and O–H groups in total. The molecule has 4 aromatic carbocycles. The number of rotatable bonds is 5. The number of carbonyl (C=O) groups excluding carboxylic acids is 1. The third kappa shape index (κ3) is 4.83. The van der Waals surface area contributed by atoms with Gasteiger partial charge in [0.15, 0.2) is 10.7 Å². The second-order valence-corrected chi connectivity index (χ2v) is 9.50. The van der Waals surface area contributed by atoms with Crippen LogP contribution in [0.3, 0.4) is 0 Å². The molecule has 0 bridgehead atoms. The van der Waals surface area contributed by atoms with Crippen LogP contribution >= 0.6 is 23.8 Å². The SMILES string of the molecule is CC[C@@H](C)c1ccc2oc(-c3ccc(NC(=S)NC(=O)c4cccc5c(Cl)cccc45)cc3)nc2c1. The predicted octanol–water partition coefficient (Wildman–Crippen LogP) is 7.94. The van der Waals surface area contributed by atoms with E-state index in [1.165, 1.54) is 5.56 Å². The summed E-state index contributed by atoms with van der Waals surface area (Å²) in [4.78, 5) is 17.6. The van der Waals surface area contributed by atoms with Gasteiger partial charge in [0.2, 0.25) is 5.89 Å². The minimum Gasteiger partial charge on any atom is -0.436 e. The predicted molar refractivity (Wildman–Crippen MR) is 151 cm³/mol. The lowest BCUT2D eigenvalue weighted by Crippen LogP contribution is -2.34. The van der Waals surface area contributed by atoms with Gasteiger partial charge in [-0.25, -0.2) is 4.98 Å². The number of nitrogens with one attached hydrogen (secondary N) is 2. The van der Waals surface area contributed by atoms with Gasteiger partial charge in [-0.1, -0.05) is 55.8 Å². The van der Waals surface area contributed by atoms with E-state index in [0.29, 0.717) is 22.4 Å². The van der Waals surface area contributed by atoms with Crippen LogP contribution in [-0.4, -0.2) is 16.0 Å². The van der Waals surface area contributed by atoms with Crippen molar-refractivity contribution in [3.8, 4) is 11.5 Å². The Balaban J connectivity index is 1.28. The van der Waals surface area contributed by atoms with Crippen molar-refractivity contribution < 1.29 is 9.21 Å². The monoisotopic (exact) mass is 513 g/mol. The van der Waals surface area contributed by atoms with Gasteiger partial charge >= 0.3 is 0 Å². The molecule has 1 atom stereocenters. The van der Waals surface area contributed by atoms with Gasteiger partial charge < -0.3 is 9.73 Å². The Kier molecular flexibility index (Phi) is 6.72. The molecule has 0 saturated carbocycles. The van der Waals surface area contributed by atoms with Crippen LogP contribution in [0, 0.1) is 0 Å². The number of thiocarbonyl (C=S) groups is 1. The summed E-state index contributed by atoms with van der Waals surface area (Å²) in [6, 6.07) is 24.6. The van der Waals surface area contributed by atoms with Crippen molar-refractivity contribution in [3.05, 3.63) is 95.0 Å². The first-order valence-corrected chi connectivity index (χ1v) is 12.5. The fourth-order valence-electron chi connectivity index (χ4n) is 4.11. The van der Waals surface area contributed by atoms with E-state index in [9.17, 15) is 4.79 Å². The van der Waals surface area contributed by atoms with Gasteiger partial charge in [0.1, 0.15) is 5.52 Å². The summed E-state index contributed by atoms with van der Waals surface area (Å²) in [6.45, 7) is 4.38. The van der Waals surface area contributed by atoms with Crippen molar-refractivity contribution in [3.63, 3.8) is 0 Å². The van der Waals surface area contributed by atoms with E-state index >= 15 is 0 Å². The number of oxazole rings is 1. The number of anilines is 1. The van der Waals surface area contributed by atoms with Crippen LogP contribution in [0.1, 0.15) is 42.1 Å². The molecule has 7 heteroatoms. The number of benzene rings is 4. The van der Waals surface area contributed by atoms with E-state index in [-0.39, 0.29) is 11.0 Å². The molecular formula is C29H24ClN3O2S. The number of hydrogen-bond acceptors (Lipinski definition) is 4. The van der Waals surface area contributed by atoms with Crippen molar-refractivity contribution in [1.82, 2.24) is 10.3 Å². The van der Waals surface area contributed by atoms with E-state index in [2.05, 4.69) is 41.6 Å². The molecule has 0 aliphatic carbocycles. The van der Waals surface area contributed by atoms with Crippen molar-refractivity contribution in [1.29, 1.82) is 0 Å². The van der Waals surface area contributed by atoms with Gasteiger partial charge in [-0.2, -0.15) is 0 Å². The number of halogens is 1. The van der Waals surface area contributed by atoms with Gasteiger partial charge in [-0.05, 0) is 84.0 Å². The van der Waals surface area contributed by atoms with Crippen LogP contribution in [0.25, 0.3) is 33.3 Å². The summed E-state index contributed by atoms with van der Waals surface area (Å²) in [5.41, 5.74) is 4.96. The highest BCUT2D eigenvalue weighted by atomic mass is 35.5. The fourth-order valence-corrected chi connectivity index (χ4v) is 4.56.